The van der Waals surface area contributed by atoms with Crippen molar-refractivity contribution < 1.29 is 14.6 Å². The molecular weight excluding hydrogens is 206 g/mol. The van der Waals surface area contributed by atoms with Crippen LogP contribution in [-0.2, 0) is 9.53 Å². The van der Waals surface area contributed by atoms with E-state index in [2.05, 4.69) is 0 Å². The van der Waals surface area contributed by atoms with Crippen LogP contribution in [0.4, 0.5) is 0 Å². The Morgan fingerprint density at radius 1 is 1.44 bits per heavy atom. The minimum absolute atomic E-state index is 0.0159. The molecule has 16 heavy (non-hydrogen) atoms. The number of hydrogen-bond acceptors (Lipinski definition) is 3. The van der Waals surface area contributed by atoms with Gasteiger partial charge in [-0.1, -0.05) is 12.8 Å². The molecule has 94 valence electrons. The van der Waals surface area contributed by atoms with Crippen LogP contribution >= 0.6 is 0 Å². The Labute approximate surface area is 97.6 Å². The van der Waals surface area contributed by atoms with Crippen LogP contribution in [0.2, 0.25) is 0 Å². The zero-order valence-corrected chi connectivity index (χ0v) is 10.5. The van der Waals surface area contributed by atoms with E-state index in [4.69, 9.17) is 9.84 Å². The van der Waals surface area contributed by atoms with Crippen molar-refractivity contribution in [2.24, 2.45) is 0 Å². The van der Waals surface area contributed by atoms with Crippen molar-refractivity contribution in [1.82, 2.24) is 4.90 Å². The lowest BCUT2D eigenvalue weighted by Gasteiger charge is -2.34. The maximum absolute atomic E-state index is 12.3. The van der Waals surface area contributed by atoms with Crippen molar-refractivity contribution in [3.8, 4) is 0 Å². The van der Waals surface area contributed by atoms with Crippen LogP contribution in [0.5, 0.6) is 0 Å². The minimum Gasteiger partial charge on any atom is -0.395 e. The molecule has 1 aliphatic rings. The summed E-state index contributed by atoms with van der Waals surface area (Å²) in [7, 11) is 1.55. The second-order valence-electron chi connectivity index (χ2n) is 4.87. The van der Waals surface area contributed by atoms with Crippen LogP contribution in [0.3, 0.4) is 0 Å². The SMILES string of the molecule is COC(C)(C)C(=O)N(CCO)C1CCCC1. The van der Waals surface area contributed by atoms with Crippen LogP contribution in [0, 0.1) is 0 Å². The van der Waals surface area contributed by atoms with E-state index in [9.17, 15) is 4.79 Å². The van der Waals surface area contributed by atoms with E-state index in [-0.39, 0.29) is 18.6 Å². The number of hydrogen-bond donors (Lipinski definition) is 1. The molecule has 1 aliphatic carbocycles. The van der Waals surface area contributed by atoms with Gasteiger partial charge in [-0.15, -0.1) is 0 Å². The first kappa shape index (κ1) is 13.5. The fourth-order valence-corrected chi connectivity index (χ4v) is 2.21. The average Bonchev–Trinajstić information content (AvgIpc) is 2.78. The van der Waals surface area contributed by atoms with Gasteiger partial charge in [0, 0.05) is 19.7 Å². The van der Waals surface area contributed by atoms with Gasteiger partial charge in [-0.2, -0.15) is 0 Å². The third-order valence-corrected chi connectivity index (χ3v) is 3.39. The standard InChI is InChI=1S/C12H23NO3/c1-12(2,16-3)11(15)13(8-9-14)10-6-4-5-7-10/h10,14H,4-9H2,1-3H3. The molecule has 1 amide bonds. The van der Waals surface area contributed by atoms with E-state index in [0.717, 1.165) is 12.8 Å². The fourth-order valence-electron chi connectivity index (χ4n) is 2.21. The van der Waals surface area contributed by atoms with Crippen molar-refractivity contribution in [2.75, 3.05) is 20.3 Å². The molecule has 0 radical (unpaired) electrons. The van der Waals surface area contributed by atoms with E-state index < -0.39 is 5.60 Å². The van der Waals surface area contributed by atoms with Crippen LogP contribution in [0.1, 0.15) is 39.5 Å². The van der Waals surface area contributed by atoms with Crippen LogP contribution < -0.4 is 0 Å². The van der Waals surface area contributed by atoms with Crippen LogP contribution in [0.15, 0.2) is 0 Å². The molecule has 1 N–H and O–H groups in total. The first-order valence-corrected chi connectivity index (χ1v) is 6.00. The Kier molecular flexibility index (Phi) is 4.74. The van der Waals surface area contributed by atoms with E-state index >= 15 is 0 Å². The lowest BCUT2D eigenvalue weighted by molar-refractivity contribution is -0.154. The molecule has 0 bridgehead atoms. The summed E-state index contributed by atoms with van der Waals surface area (Å²) in [6.45, 7) is 3.97. The highest BCUT2D eigenvalue weighted by Crippen LogP contribution is 2.26. The second-order valence-corrected chi connectivity index (χ2v) is 4.87. The monoisotopic (exact) mass is 229 g/mol. The topological polar surface area (TPSA) is 49.8 Å². The summed E-state index contributed by atoms with van der Waals surface area (Å²) in [6.07, 6.45) is 4.44. The van der Waals surface area contributed by atoms with Crippen molar-refractivity contribution >= 4 is 5.91 Å². The van der Waals surface area contributed by atoms with Gasteiger partial charge >= 0.3 is 0 Å². The molecule has 0 aromatic carbocycles. The molecule has 0 unspecified atom stereocenters. The van der Waals surface area contributed by atoms with Crippen LogP contribution in [-0.4, -0.2) is 47.8 Å². The molecule has 0 aliphatic heterocycles. The Bertz CT molecular complexity index is 234. The second kappa shape index (κ2) is 5.64. The largest absolute Gasteiger partial charge is 0.395 e. The number of aliphatic hydroxyl groups excluding tert-OH is 1. The third kappa shape index (κ3) is 2.95. The summed E-state index contributed by atoms with van der Waals surface area (Å²) in [5.74, 6) is -0.0176. The molecule has 0 aromatic rings. The Morgan fingerprint density at radius 3 is 2.44 bits per heavy atom. The van der Waals surface area contributed by atoms with E-state index in [1.807, 2.05) is 0 Å². The van der Waals surface area contributed by atoms with Crippen molar-refractivity contribution in [3.05, 3.63) is 0 Å². The van der Waals surface area contributed by atoms with Crippen molar-refractivity contribution in [3.63, 3.8) is 0 Å². The molecule has 4 nitrogen and oxygen atoms in total. The number of amides is 1. The zero-order valence-electron chi connectivity index (χ0n) is 10.5. The van der Waals surface area contributed by atoms with Crippen molar-refractivity contribution in [1.29, 1.82) is 0 Å². The quantitative estimate of drug-likeness (QED) is 0.770. The number of ether oxygens (including phenoxy) is 1. The highest BCUT2D eigenvalue weighted by Gasteiger charge is 2.35. The Hall–Kier alpha value is -0.610. The molecule has 1 fully saturated rings. The summed E-state index contributed by atoms with van der Waals surface area (Å²) < 4.78 is 5.21. The lowest BCUT2D eigenvalue weighted by Crippen LogP contribution is -2.51. The molecular formula is C12H23NO3. The first-order valence-electron chi connectivity index (χ1n) is 6.00. The zero-order chi connectivity index (χ0) is 12.2. The summed E-state index contributed by atoms with van der Waals surface area (Å²) in [4.78, 5) is 14.1. The molecule has 0 saturated heterocycles. The normalized spacial score (nSPS) is 17.8. The van der Waals surface area contributed by atoms with Gasteiger partial charge in [-0.3, -0.25) is 4.79 Å². The van der Waals surface area contributed by atoms with E-state index in [0.29, 0.717) is 6.54 Å². The van der Waals surface area contributed by atoms with E-state index in [1.54, 1.807) is 25.9 Å². The Balaban J connectivity index is 2.72. The van der Waals surface area contributed by atoms with Gasteiger partial charge in [0.1, 0.15) is 5.60 Å². The third-order valence-electron chi connectivity index (χ3n) is 3.39. The summed E-state index contributed by atoms with van der Waals surface area (Å²) in [6, 6.07) is 0.286. The molecule has 1 rings (SSSR count). The van der Waals surface area contributed by atoms with Gasteiger partial charge < -0.3 is 14.7 Å². The number of rotatable bonds is 5. The van der Waals surface area contributed by atoms with Crippen molar-refractivity contribution in [2.45, 2.75) is 51.2 Å². The van der Waals surface area contributed by atoms with Gasteiger partial charge in [0.2, 0.25) is 0 Å². The van der Waals surface area contributed by atoms with Gasteiger partial charge in [0.25, 0.3) is 5.91 Å². The summed E-state index contributed by atoms with van der Waals surface area (Å²) >= 11 is 0. The predicted octanol–water partition coefficient (Wildman–Crippen LogP) is 1.17. The van der Waals surface area contributed by atoms with Gasteiger partial charge in [-0.05, 0) is 26.7 Å². The van der Waals surface area contributed by atoms with Gasteiger partial charge in [-0.25, -0.2) is 0 Å². The first-order chi connectivity index (χ1) is 7.53. The number of aliphatic hydroxyl groups is 1. The number of carbonyl (C=O) groups is 1. The Morgan fingerprint density at radius 2 is 2.00 bits per heavy atom. The number of nitrogens with zero attached hydrogens (tertiary/aromatic N) is 1. The maximum atomic E-state index is 12.3. The summed E-state index contributed by atoms with van der Waals surface area (Å²) in [5.41, 5.74) is -0.794. The molecule has 0 spiro atoms. The average molecular weight is 229 g/mol. The number of carbonyl (C=O) groups excluding carboxylic acids is 1. The fraction of sp³-hybridized carbons (Fsp3) is 0.917. The molecule has 4 heteroatoms. The highest BCUT2D eigenvalue weighted by molar-refractivity contribution is 5.84. The number of methoxy groups -OCH3 is 1. The van der Waals surface area contributed by atoms with Gasteiger partial charge in [0.15, 0.2) is 0 Å². The summed E-state index contributed by atoms with van der Waals surface area (Å²) in [5, 5.41) is 9.05. The van der Waals surface area contributed by atoms with Gasteiger partial charge in [0.05, 0.1) is 6.61 Å². The smallest absolute Gasteiger partial charge is 0.254 e. The molecule has 0 aromatic heterocycles. The highest BCUT2D eigenvalue weighted by atomic mass is 16.5. The minimum atomic E-state index is -0.794. The predicted molar refractivity (Wildman–Crippen MR) is 62.1 cm³/mol. The lowest BCUT2D eigenvalue weighted by atomic mass is 10.1. The molecule has 0 atom stereocenters. The molecule has 0 heterocycles. The maximum Gasteiger partial charge on any atom is 0.254 e. The van der Waals surface area contributed by atoms with E-state index in [1.165, 1.54) is 12.8 Å². The van der Waals surface area contributed by atoms with Crippen LogP contribution in [0.25, 0.3) is 0 Å². The molecule has 1 saturated carbocycles.